The smallest absolute Gasteiger partial charge is 0.245 e. The number of hydrogen-bond donors (Lipinski definition) is 2. The molecule has 0 fully saturated rings. The molecule has 0 unspecified atom stereocenters. The van der Waals surface area contributed by atoms with Gasteiger partial charge in [-0.3, -0.25) is 9.89 Å². The lowest BCUT2D eigenvalue weighted by Crippen LogP contribution is -2.30. The Balaban J connectivity index is 1.93. The Morgan fingerprint density at radius 2 is 2.24 bits per heavy atom. The summed E-state index contributed by atoms with van der Waals surface area (Å²) in [4.78, 5) is 17.9. The maximum absolute atomic E-state index is 12.0. The third kappa shape index (κ3) is 4.19. The van der Waals surface area contributed by atoms with Crippen molar-refractivity contribution in [1.82, 2.24) is 15.2 Å². The molecule has 2 N–H and O–H groups in total. The van der Waals surface area contributed by atoms with Gasteiger partial charge in [-0.15, -0.1) is 0 Å². The summed E-state index contributed by atoms with van der Waals surface area (Å²) in [6, 6.07) is 5.34. The molecule has 0 saturated heterocycles. The molecule has 0 aromatic carbocycles. The summed E-state index contributed by atoms with van der Waals surface area (Å²) in [7, 11) is 1.79. The molecular formula is C14H18ClN5O. The number of anilines is 2. The Morgan fingerprint density at radius 3 is 2.81 bits per heavy atom. The lowest BCUT2D eigenvalue weighted by atomic mass is 10.1. The molecule has 6 nitrogen and oxygen atoms in total. The van der Waals surface area contributed by atoms with Crippen LogP contribution < -0.4 is 10.2 Å². The van der Waals surface area contributed by atoms with Crippen molar-refractivity contribution in [1.29, 1.82) is 0 Å². The van der Waals surface area contributed by atoms with Crippen LogP contribution in [-0.4, -0.2) is 34.7 Å². The van der Waals surface area contributed by atoms with Crippen molar-refractivity contribution in [3.05, 3.63) is 35.1 Å². The molecule has 2 rings (SSSR count). The number of carbonyl (C=O) groups excluding carboxylic acids is 1. The maximum atomic E-state index is 12.0. The first-order chi connectivity index (χ1) is 9.95. The number of H-pyrrole nitrogens is 1. The molecule has 2 aromatic rings. The molecule has 0 bridgehead atoms. The van der Waals surface area contributed by atoms with Crippen LogP contribution in [0, 0.1) is 0 Å². The summed E-state index contributed by atoms with van der Waals surface area (Å²) < 4.78 is 0. The molecule has 1 amide bonds. The van der Waals surface area contributed by atoms with Crippen molar-refractivity contribution in [3.63, 3.8) is 0 Å². The van der Waals surface area contributed by atoms with Gasteiger partial charge in [0, 0.05) is 25.0 Å². The van der Waals surface area contributed by atoms with E-state index in [9.17, 15) is 4.79 Å². The van der Waals surface area contributed by atoms with Crippen molar-refractivity contribution >= 4 is 29.1 Å². The zero-order valence-electron chi connectivity index (χ0n) is 12.2. The molecule has 21 heavy (non-hydrogen) atoms. The summed E-state index contributed by atoms with van der Waals surface area (Å²) in [5.41, 5.74) is 0.984. The van der Waals surface area contributed by atoms with E-state index in [1.165, 1.54) is 0 Å². The Morgan fingerprint density at radius 1 is 1.48 bits per heavy atom. The summed E-state index contributed by atoms with van der Waals surface area (Å²) in [6.45, 7) is 4.29. The van der Waals surface area contributed by atoms with Crippen LogP contribution in [0.1, 0.15) is 25.5 Å². The Labute approximate surface area is 128 Å². The number of amides is 1. The van der Waals surface area contributed by atoms with Gasteiger partial charge in [-0.1, -0.05) is 25.4 Å². The molecule has 0 saturated carbocycles. The van der Waals surface area contributed by atoms with Crippen LogP contribution in [0.4, 0.5) is 11.6 Å². The molecule has 112 valence electrons. The number of halogens is 1. The number of carbonyl (C=O) groups is 1. The maximum Gasteiger partial charge on any atom is 0.245 e. The van der Waals surface area contributed by atoms with Crippen molar-refractivity contribution in [3.8, 4) is 0 Å². The average molecular weight is 308 g/mol. The molecule has 2 aromatic heterocycles. The van der Waals surface area contributed by atoms with Gasteiger partial charge in [0.2, 0.25) is 5.91 Å². The molecule has 0 aliphatic carbocycles. The Hall–Kier alpha value is -2.08. The summed E-state index contributed by atoms with van der Waals surface area (Å²) in [5.74, 6) is 1.39. The standard InChI is InChI=1S/C14H18ClN5O/c1-9(2)11-6-12(19-18-11)17-14(21)8-20(3)13-5-4-10(15)7-16-13/h4-7,9H,8H2,1-3H3,(H2,17,18,19,21). The van der Waals surface area contributed by atoms with E-state index in [1.54, 1.807) is 30.3 Å². The average Bonchev–Trinajstić information content (AvgIpc) is 2.87. The van der Waals surface area contributed by atoms with Gasteiger partial charge in [-0.05, 0) is 18.1 Å². The molecule has 0 radical (unpaired) electrons. The fourth-order valence-corrected chi connectivity index (χ4v) is 1.88. The Bertz CT molecular complexity index is 608. The first kappa shape index (κ1) is 15.3. The molecular weight excluding hydrogens is 290 g/mol. The van der Waals surface area contributed by atoms with Gasteiger partial charge < -0.3 is 10.2 Å². The largest absolute Gasteiger partial charge is 0.350 e. The lowest BCUT2D eigenvalue weighted by molar-refractivity contribution is -0.114. The number of aromatic nitrogens is 3. The molecule has 0 aliphatic heterocycles. The van der Waals surface area contributed by atoms with Gasteiger partial charge in [0.05, 0.1) is 11.6 Å². The van der Waals surface area contributed by atoms with Crippen LogP contribution in [0.2, 0.25) is 5.02 Å². The van der Waals surface area contributed by atoms with E-state index in [4.69, 9.17) is 11.6 Å². The number of nitrogens with one attached hydrogen (secondary N) is 2. The summed E-state index contributed by atoms with van der Waals surface area (Å²) >= 11 is 5.79. The van der Waals surface area contributed by atoms with Crippen molar-refractivity contribution < 1.29 is 4.79 Å². The van der Waals surface area contributed by atoms with Crippen LogP contribution in [0.5, 0.6) is 0 Å². The molecule has 0 atom stereocenters. The topological polar surface area (TPSA) is 73.9 Å². The van der Waals surface area contributed by atoms with Crippen LogP contribution in [0.25, 0.3) is 0 Å². The van der Waals surface area contributed by atoms with E-state index in [0.717, 1.165) is 5.69 Å². The second kappa shape index (κ2) is 6.58. The fourth-order valence-electron chi connectivity index (χ4n) is 1.77. The number of pyridine rings is 1. The zero-order chi connectivity index (χ0) is 15.4. The molecule has 0 aliphatic rings. The Kier molecular flexibility index (Phi) is 4.80. The van der Waals surface area contributed by atoms with Crippen LogP contribution in [0.3, 0.4) is 0 Å². The van der Waals surface area contributed by atoms with E-state index >= 15 is 0 Å². The van der Waals surface area contributed by atoms with Crippen molar-refractivity contribution in [2.24, 2.45) is 0 Å². The SMILES string of the molecule is CC(C)c1cc(NC(=O)CN(C)c2ccc(Cl)cn2)n[nH]1. The van der Waals surface area contributed by atoms with Gasteiger partial charge in [0.25, 0.3) is 0 Å². The fraction of sp³-hybridized carbons (Fsp3) is 0.357. The second-order valence-corrected chi connectivity index (χ2v) is 5.54. The number of likely N-dealkylation sites (N-methyl/N-ethyl adjacent to an activating group) is 1. The summed E-state index contributed by atoms with van der Waals surface area (Å²) in [5, 5.41) is 10.3. The monoisotopic (exact) mass is 307 g/mol. The third-order valence-corrected chi connectivity index (χ3v) is 3.19. The van der Waals surface area contributed by atoms with Crippen molar-refractivity contribution in [2.45, 2.75) is 19.8 Å². The van der Waals surface area contributed by atoms with Crippen LogP contribution in [-0.2, 0) is 4.79 Å². The number of rotatable bonds is 5. The predicted octanol–water partition coefficient (Wildman–Crippen LogP) is 2.66. The number of aromatic amines is 1. The van der Waals surface area contributed by atoms with Gasteiger partial charge in [0.1, 0.15) is 5.82 Å². The van der Waals surface area contributed by atoms with Gasteiger partial charge in [-0.2, -0.15) is 5.10 Å². The van der Waals surface area contributed by atoms with E-state index in [1.807, 2.05) is 6.07 Å². The highest BCUT2D eigenvalue weighted by atomic mass is 35.5. The van der Waals surface area contributed by atoms with Gasteiger partial charge in [-0.25, -0.2) is 4.98 Å². The number of hydrogen-bond acceptors (Lipinski definition) is 4. The van der Waals surface area contributed by atoms with Crippen LogP contribution >= 0.6 is 11.6 Å². The lowest BCUT2D eigenvalue weighted by Gasteiger charge is -2.16. The number of nitrogens with zero attached hydrogens (tertiary/aromatic N) is 3. The minimum absolute atomic E-state index is 0.156. The molecule has 0 spiro atoms. The van der Waals surface area contributed by atoms with E-state index in [0.29, 0.717) is 22.6 Å². The first-order valence-electron chi connectivity index (χ1n) is 6.63. The zero-order valence-corrected chi connectivity index (χ0v) is 13.0. The summed E-state index contributed by atoms with van der Waals surface area (Å²) in [6.07, 6.45) is 1.55. The minimum atomic E-state index is -0.156. The normalized spacial score (nSPS) is 10.7. The van der Waals surface area contributed by atoms with Gasteiger partial charge >= 0.3 is 0 Å². The highest BCUT2D eigenvalue weighted by molar-refractivity contribution is 6.30. The quantitative estimate of drug-likeness (QED) is 0.890. The third-order valence-electron chi connectivity index (χ3n) is 2.97. The van der Waals surface area contributed by atoms with Crippen LogP contribution in [0.15, 0.2) is 24.4 Å². The second-order valence-electron chi connectivity index (χ2n) is 5.10. The highest BCUT2D eigenvalue weighted by Gasteiger charge is 2.11. The first-order valence-corrected chi connectivity index (χ1v) is 7.01. The van der Waals surface area contributed by atoms with Crippen molar-refractivity contribution in [2.75, 3.05) is 23.8 Å². The minimum Gasteiger partial charge on any atom is -0.350 e. The van der Waals surface area contributed by atoms with E-state index in [2.05, 4.69) is 34.3 Å². The van der Waals surface area contributed by atoms with Gasteiger partial charge in [0.15, 0.2) is 5.82 Å². The highest BCUT2D eigenvalue weighted by Crippen LogP contribution is 2.15. The van der Waals surface area contributed by atoms with E-state index < -0.39 is 0 Å². The molecule has 2 heterocycles. The predicted molar refractivity (Wildman–Crippen MR) is 83.8 cm³/mol. The molecule has 7 heteroatoms. The van der Waals surface area contributed by atoms with E-state index in [-0.39, 0.29) is 12.5 Å².